The Balaban J connectivity index is 1.32. The summed E-state index contributed by atoms with van der Waals surface area (Å²) in [6.07, 6.45) is 6.88. The summed E-state index contributed by atoms with van der Waals surface area (Å²) in [5.41, 5.74) is 5.42. The number of nitrogens with two attached hydrogens (primary N) is 1. The fourth-order valence-corrected chi connectivity index (χ4v) is 4.77. The van der Waals surface area contributed by atoms with Crippen molar-refractivity contribution < 1.29 is 13.9 Å². The van der Waals surface area contributed by atoms with Crippen LogP contribution in [0.1, 0.15) is 43.1 Å². The van der Waals surface area contributed by atoms with Crippen LogP contribution in [0.5, 0.6) is 0 Å². The lowest BCUT2D eigenvalue weighted by atomic mass is 9.89. The zero-order valence-electron chi connectivity index (χ0n) is 16.4. The van der Waals surface area contributed by atoms with Crippen molar-refractivity contribution in [1.82, 2.24) is 19.9 Å². The summed E-state index contributed by atoms with van der Waals surface area (Å²) in [5, 5.41) is 0. The first-order valence-electron chi connectivity index (χ1n) is 10.2. The molecule has 9 heteroatoms. The van der Waals surface area contributed by atoms with Gasteiger partial charge in [0.1, 0.15) is 18.4 Å². The predicted octanol–water partition coefficient (Wildman–Crippen LogP) is 2.00. The number of hydrogen-bond donors (Lipinski definition) is 1. The zero-order chi connectivity index (χ0) is 20.7. The van der Waals surface area contributed by atoms with E-state index in [-0.39, 0.29) is 24.0 Å². The van der Waals surface area contributed by atoms with E-state index in [9.17, 15) is 9.18 Å². The quantitative estimate of drug-likeness (QED) is 0.826. The monoisotopic (exact) mass is 410 g/mol. The molecule has 4 heterocycles. The molecule has 2 aromatic rings. The number of hydrogen-bond acceptors (Lipinski definition) is 7. The van der Waals surface area contributed by atoms with Gasteiger partial charge in [0.25, 0.3) is 5.91 Å². The highest BCUT2D eigenvalue weighted by Crippen LogP contribution is 2.47. The molecular weight excluding hydrogens is 387 g/mol. The zero-order valence-corrected chi connectivity index (χ0v) is 16.4. The van der Waals surface area contributed by atoms with E-state index in [1.807, 2.05) is 15.9 Å². The Morgan fingerprint density at radius 2 is 2.07 bits per heavy atom. The lowest BCUT2D eigenvalue weighted by molar-refractivity contribution is -0.140. The number of halogens is 1. The summed E-state index contributed by atoms with van der Waals surface area (Å²) in [5.74, 6) is 0.792. The summed E-state index contributed by atoms with van der Waals surface area (Å²) >= 11 is 0. The second-order valence-corrected chi connectivity index (χ2v) is 7.92. The minimum Gasteiger partial charge on any atom is -0.404 e. The van der Waals surface area contributed by atoms with Crippen LogP contribution in [0.2, 0.25) is 0 Å². The van der Waals surface area contributed by atoms with E-state index in [1.165, 1.54) is 24.7 Å². The molecule has 2 N–H and O–H groups in total. The molecule has 30 heavy (non-hydrogen) atoms. The molecule has 1 aromatic heterocycles. The van der Waals surface area contributed by atoms with Gasteiger partial charge in [-0.2, -0.15) is 4.98 Å². The highest BCUT2D eigenvalue weighted by molar-refractivity contribution is 5.88. The van der Waals surface area contributed by atoms with Gasteiger partial charge in [-0.15, -0.1) is 0 Å². The number of aromatic nitrogens is 3. The van der Waals surface area contributed by atoms with Crippen LogP contribution in [0, 0.1) is 5.82 Å². The van der Waals surface area contributed by atoms with Gasteiger partial charge in [0, 0.05) is 25.9 Å². The van der Waals surface area contributed by atoms with Gasteiger partial charge in [-0.25, -0.2) is 14.4 Å². The van der Waals surface area contributed by atoms with Crippen LogP contribution in [-0.2, 0) is 9.53 Å². The molecule has 0 radical (unpaired) electrons. The SMILES string of the molecule is N/C=C\c1ncnc(N2CCC3(CC2)O[C@@H]2CC[C@@H](c4cccc(F)c4)N2C3=O)n1. The fourth-order valence-electron chi connectivity index (χ4n) is 4.77. The molecule has 1 spiro atoms. The van der Waals surface area contributed by atoms with Crippen LogP contribution in [0.15, 0.2) is 36.8 Å². The lowest BCUT2D eigenvalue weighted by Crippen LogP contribution is -2.50. The van der Waals surface area contributed by atoms with Crippen LogP contribution >= 0.6 is 0 Å². The number of fused-ring (bicyclic) bond motifs is 1. The van der Waals surface area contributed by atoms with Crippen molar-refractivity contribution in [3.63, 3.8) is 0 Å². The lowest BCUT2D eigenvalue weighted by Gasteiger charge is -2.37. The number of carbonyl (C=O) groups excluding carboxylic acids is 1. The molecule has 8 nitrogen and oxygen atoms in total. The fraction of sp³-hybridized carbons (Fsp3) is 0.429. The number of anilines is 1. The summed E-state index contributed by atoms with van der Waals surface area (Å²) in [6.45, 7) is 1.21. The molecule has 3 fully saturated rings. The highest BCUT2D eigenvalue weighted by Gasteiger charge is 2.58. The Morgan fingerprint density at radius 1 is 1.23 bits per heavy atom. The minimum atomic E-state index is -0.819. The van der Waals surface area contributed by atoms with Crippen molar-refractivity contribution in [2.24, 2.45) is 5.73 Å². The number of carbonyl (C=O) groups is 1. The summed E-state index contributed by atoms with van der Waals surface area (Å²) in [4.78, 5) is 30.0. The number of piperidine rings is 1. The molecule has 1 aromatic carbocycles. The van der Waals surface area contributed by atoms with E-state index < -0.39 is 5.60 Å². The van der Waals surface area contributed by atoms with Crippen molar-refractivity contribution in [3.05, 3.63) is 54.0 Å². The van der Waals surface area contributed by atoms with Gasteiger partial charge in [0.05, 0.1) is 6.04 Å². The van der Waals surface area contributed by atoms with Gasteiger partial charge in [-0.05, 0) is 42.8 Å². The number of rotatable bonds is 3. The average molecular weight is 410 g/mol. The topological polar surface area (TPSA) is 97.5 Å². The highest BCUT2D eigenvalue weighted by atomic mass is 19.1. The van der Waals surface area contributed by atoms with E-state index in [4.69, 9.17) is 10.5 Å². The van der Waals surface area contributed by atoms with Gasteiger partial charge in [0.2, 0.25) is 5.95 Å². The molecule has 0 bridgehead atoms. The number of benzene rings is 1. The maximum atomic E-state index is 13.7. The standard InChI is InChI=1S/C21H23FN6O2/c22-15-3-1-2-14(12-15)16-4-5-18-28(16)19(29)21(30-18)7-10-27(11-8-21)20-25-13-24-17(26-20)6-9-23/h1-3,6,9,12-13,16,18H,4-5,7-8,10-11,23H2/b9-6-/t16-,18+/m0/s1. The molecule has 0 aliphatic carbocycles. The summed E-state index contributed by atoms with van der Waals surface area (Å²) < 4.78 is 20.1. The third kappa shape index (κ3) is 3.09. The van der Waals surface area contributed by atoms with Crippen LogP contribution in [0.3, 0.4) is 0 Å². The van der Waals surface area contributed by atoms with E-state index in [0.29, 0.717) is 37.7 Å². The molecule has 1 amide bonds. The normalized spacial score (nSPS) is 25.4. The van der Waals surface area contributed by atoms with Gasteiger partial charge >= 0.3 is 0 Å². The van der Waals surface area contributed by atoms with Crippen molar-refractivity contribution in [1.29, 1.82) is 0 Å². The molecule has 3 aliphatic heterocycles. The largest absolute Gasteiger partial charge is 0.404 e. The Hall–Kier alpha value is -3.07. The van der Waals surface area contributed by atoms with Crippen molar-refractivity contribution in [2.45, 2.75) is 43.6 Å². The molecule has 156 valence electrons. The van der Waals surface area contributed by atoms with Crippen LogP contribution in [0.25, 0.3) is 6.08 Å². The molecule has 3 aliphatic rings. The maximum Gasteiger partial charge on any atom is 0.257 e. The second-order valence-electron chi connectivity index (χ2n) is 7.92. The van der Waals surface area contributed by atoms with Crippen molar-refractivity contribution in [3.8, 4) is 0 Å². The molecule has 0 unspecified atom stereocenters. The Morgan fingerprint density at radius 3 is 2.83 bits per heavy atom. The third-order valence-corrected chi connectivity index (χ3v) is 6.23. The van der Waals surface area contributed by atoms with Crippen molar-refractivity contribution >= 4 is 17.9 Å². The smallest absolute Gasteiger partial charge is 0.257 e. The molecule has 3 saturated heterocycles. The van der Waals surface area contributed by atoms with Crippen LogP contribution < -0.4 is 10.6 Å². The van der Waals surface area contributed by atoms with Gasteiger partial charge < -0.3 is 20.3 Å². The van der Waals surface area contributed by atoms with Gasteiger partial charge in [-0.3, -0.25) is 4.79 Å². The predicted molar refractivity (Wildman–Crippen MR) is 107 cm³/mol. The molecular formula is C21H23FN6O2. The van der Waals surface area contributed by atoms with E-state index in [1.54, 1.807) is 12.1 Å². The minimum absolute atomic E-state index is 0.0151. The Labute approximate surface area is 173 Å². The first kappa shape index (κ1) is 18.9. The van der Waals surface area contributed by atoms with E-state index >= 15 is 0 Å². The number of nitrogens with zero attached hydrogens (tertiary/aromatic N) is 5. The van der Waals surface area contributed by atoms with Crippen LogP contribution in [-0.4, -0.2) is 50.7 Å². The first-order valence-corrected chi connectivity index (χ1v) is 10.2. The number of amides is 1. The first-order chi connectivity index (χ1) is 14.6. The average Bonchev–Trinajstić information content (AvgIpc) is 3.27. The van der Waals surface area contributed by atoms with E-state index in [0.717, 1.165) is 18.4 Å². The molecule has 5 rings (SSSR count). The maximum absolute atomic E-state index is 13.7. The second kappa shape index (κ2) is 7.32. The van der Waals surface area contributed by atoms with Crippen LogP contribution in [0.4, 0.5) is 10.3 Å². The van der Waals surface area contributed by atoms with E-state index in [2.05, 4.69) is 15.0 Å². The summed E-state index contributed by atoms with van der Waals surface area (Å²) in [7, 11) is 0. The Bertz CT molecular complexity index is 991. The molecule has 0 saturated carbocycles. The third-order valence-electron chi connectivity index (χ3n) is 6.23. The van der Waals surface area contributed by atoms with Gasteiger partial charge in [0.15, 0.2) is 11.4 Å². The van der Waals surface area contributed by atoms with Gasteiger partial charge in [-0.1, -0.05) is 12.1 Å². The number of ether oxygens (including phenoxy) is 1. The Kier molecular flexibility index (Phi) is 4.62. The van der Waals surface area contributed by atoms with Crippen molar-refractivity contribution in [2.75, 3.05) is 18.0 Å². The summed E-state index contributed by atoms with van der Waals surface area (Å²) in [6, 6.07) is 6.37. The molecule has 2 atom stereocenters.